The number of halogens is 5. The topological polar surface area (TPSA) is 64.9 Å². The van der Waals surface area contributed by atoms with Gasteiger partial charge in [0, 0.05) is 11.9 Å². The number of rotatable bonds is 4. The molecule has 0 heterocycles. The number of anilines is 2. The maximum atomic E-state index is 12.9. The lowest BCUT2D eigenvalue weighted by Gasteiger charge is -2.12. The maximum absolute atomic E-state index is 12.9. The first-order chi connectivity index (χ1) is 13.0. The van der Waals surface area contributed by atoms with E-state index in [1.54, 1.807) is 19.1 Å². The number of hydrogen-bond acceptors (Lipinski definition) is 3. The average molecular weight is 428 g/mol. The van der Waals surface area contributed by atoms with Crippen molar-refractivity contribution in [1.29, 1.82) is 5.26 Å². The quantitative estimate of drug-likeness (QED) is 0.458. The number of aryl methyl sites for hydroxylation is 2. The summed E-state index contributed by atoms with van der Waals surface area (Å²) in [6.07, 6.45) is -3.54. The van der Waals surface area contributed by atoms with E-state index in [1.165, 1.54) is 6.07 Å². The monoisotopic (exact) mass is 427 g/mol. The summed E-state index contributed by atoms with van der Waals surface area (Å²) in [4.78, 5) is 12.2. The molecule has 2 N–H and O–H groups in total. The van der Waals surface area contributed by atoms with Crippen molar-refractivity contribution in [3.63, 3.8) is 0 Å². The van der Waals surface area contributed by atoms with Crippen molar-refractivity contribution in [3.8, 4) is 6.07 Å². The van der Waals surface area contributed by atoms with Gasteiger partial charge in [0.25, 0.3) is 5.91 Å². The van der Waals surface area contributed by atoms with E-state index < -0.39 is 22.7 Å². The van der Waals surface area contributed by atoms with E-state index in [-0.39, 0.29) is 11.3 Å². The van der Waals surface area contributed by atoms with Gasteiger partial charge in [-0.05, 0) is 49.2 Å². The molecule has 4 nitrogen and oxygen atoms in total. The standard InChI is InChI=1S/C19H14Cl2F3N3O/c1-10-5-11(2)17(16(21)6-10)26-9-12(8-25)18(28)27-13-3-4-15(20)14(7-13)19(22,23)24/h3-7,9,26H,1-2H3,(H,27,28)/b12-9-. The molecule has 2 aromatic rings. The molecule has 0 aliphatic heterocycles. The number of amides is 1. The number of carbonyl (C=O) groups is 1. The van der Waals surface area contributed by atoms with Gasteiger partial charge in [0.2, 0.25) is 0 Å². The number of carbonyl (C=O) groups excluding carboxylic acids is 1. The summed E-state index contributed by atoms with van der Waals surface area (Å²) in [5.41, 5.74) is 0.672. The zero-order chi connectivity index (χ0) is 21.1. The van der Waals surface area contributed by atoms with Gasteiger partial charge in [-0.25, -0.2) is 0 Å². The number of hydrogen-bond donors (Lipinski definition) is 2. The second kappa shape index (κ2) is 8.55. The first-order valence-corrected chi connectivity index (χ1v) is 8.60. The summed E-state index contributed by atoms with van der Waals surface area (Å²) in [6.45, 7) is 3.67. The zero-order valence-corrected chi connectivity index (χ0v) is 16.2. The number of nitrogens with one attached hydrogen (secondary N) is 2. The third-order valence-electron chi connectivity index (χ3n) is 3.69. The fourth-order valence-corrected chi connectivity index (χ4v) is 3.01. The van der Waals surface area contributed by atoms with Crippen LogP contribution in [0.25, 0.3) is 0 Å². The van der Waals surface area contributed by atoms with Crippen LogP contribution >= 0.6 is 23.2 Å². The van der Waals surface area contributed by atoms with Gasteiger partial charge in [-0.2, -0.15) is 18.4 Å². The fraction of sp³-hybridized carbons (Fsp3) is 0.158. The highest BCUT2D eigenvalue weighted by molar-refractivity contribution is 6.33. The minimum Gasteiger partial charge on any atom is -0.359 e. The van der Waals surface area contributed by atoms with E-state index in [4.69, 9.17) is 23.2 Å². The van der Waals surface area contributed by atoms with Crippen molar-refractivity contribution in [2.45, 2.75) is 20.0 Å². The summed E-state index contributed by atoms with van der Waals surface area (Å²) in [6, 6.07) is 8.19. The van der Waals surface area contributed by atoms with Crippen molar-refractivity contribution in [2.75, 3.05) is 10.6 Å². The van der Waals surface area contributed by atoms with Gasteiger partial charge in [-0.15, -0.1) is 0 Å². The molecule has 0 atom stereocenters. The second-order valence-electron chi connectivity index (χ2n) is 5.90. The third kappa shape index (κ3) is 5.18. The van der Waals surface area contributed by atoms with Gasteiger partial charge in [0.1, 0.15) is 11.6 Å². The Labute approximate surface area is 169 Å². The Morgan fingerprint density at radius 2 is 1.82 bits per heavy atom. The molecule has 28 heavy (non-hydrogen) atoms. The molecular formula is C19H14Cl2F3N3O. The summed E-state index contributed by atoms with van der Waals surface area (Å²) < 4.78 is 38.8. The molecule has 0 aliphatic carbocycles. The Balaban J connectivity index is 2.23. The van der Waals surface area contributed by atoms with E-state index in [9.17, 15) is 23.2 Å². The minimum absolute atomic E-state index is 0.146. The van der Waals surface area contributed by atoms with E-state index in [2.05, 4.69) is 10.6 Å². The predicted molar refractivity (Wildman–Crippen MR) is 103 cm³/mol. The van der Waals surface area contributed by atoms with Crippen LogP contribution in [0.1, 0.15) is 16.7 Å². The molecule has 0 saturated carbocycles. The molecule has 0 aliphatic rings. The van der Waals surface area contributed by atoms with Crippen LogP contribution in [-0.2, 0) is 11.0 Å². The number of alkyl halides is 3. The van der Waals surface area contributed by atoms with Crippen LogP contribution in [-0.4, -0.2) is 5.91 Å². The van der Waals surface area contributed by atoms with Crippen molar-refractivity contribution in [2.24, 2.45) is 0 Å². The second-order valence-corrected chi connectivity index (χ2v) is 6.71. The predicted octanol–water partition coefficient (Wildman–Crippen LogP) is 6.09. The molecule has 0 unspecified atom stereocenters. The lowest BCUT2D eigenvalue weighted by Crippen LogP contribution is -2.15. The van der Waals surface area contributed by atoms with Crippen molar-refractivity contribution >= 4 is 40.5 Å². The van der Waals surface area contributed by atoms with Crippen LogP contribution in [0.15, 0.2) is 42.1 Å². The van der Waals surface area contributed by atoms with Crippen molar-refractivity contribution in [3.05, 3.63) is 68.8 Å². The molecule has 9 heteroatoms. The van der Waals surface area contributed by atoms with Crippen LogP contribution in [0.4, 0.5) is 24.5 Å². The number of benzene rings is 2. The lowest BCUT2D eigenvalue weighted by molar-refractivity contribution is -0.137. The van der Waals surface area contributed by atoms with E-state index in [1.807, 2.05) is 13.0 Å². The van der Waals surface area contributed by atoms with Crippen LogP contribution < -0.4 is 10.6 Å². The fourth-order valence-electron chi connectivity index (χ4n) is 2.41. The van der Waals surface area contributed by atoms with Crippen LogP contribution in [0.5, 0.6) is 0 Å². The van der Waals surface area contributed by atoms with E-state index in [0.29, 0.717) is 16.8 Å². The molecule has 0 fully saturated rings. The summed E-state index contributed by atoms with van der Waals surface area (Å²) in [7, 11) is 0. The molecule has 0 saturated heterocycles. The highest BCUT2D eigenvalue weighted by Gasteiger charge is 2.33. The van der Waals surface area contributed by atoms with Gasteiger partial charge < -0.3 is 10.6 Å². The molecule has 0 bridgehead atoms. The largest absolute Gasteiger partial charge is 0.417 e. The van der Waals surface area contributed by atoms with Gasteiger partial charge in [-0.1, -0.05) is 29.3 Å². The molecule has 146 valence electrons. The van der Waals surface area contributed by atoms with Crippen LogP contribution in [0.2, 0.25) is 10.0 Å². The first kappa shape index (κ1) is 21.6. The smallest absolute Gasteiger partial charge is 0.359 e. The normalized spacial score (nSPS) is 11.7. The molecule has 2 rings (SSSR count). The first-order valence-electron chi connectivity index (χ1n) is 7.84. The van der Waals surface area contributed by atoms with Crippen LogP contribution in [0, 0.1) is 25.2 Å². The minimum atomic E-state index is -4.67. The molecule has 1 amide bonds. The van der Waals surface area contributed by atoms with Gasteiger partial charge in [0.05, 0.1) is 21.3 Å². The molecule has 0 radical (unpaired) electrons. The van der Waals surface area contributed by atoms with E-state index in [0.717, 1.165) is 23.4 Å². The SMILES string of the molecule is Cc1cc(C)c(N/C=C(/C#N)C(=O)Nc2ccc(Cl)c(C(F)(F)F)c2)c(Cl)c1. The highest BCUT2D eigenvalue weighted by atomic mass is 35.5. The van der Waals surface area contributed by atoms with E-state index >= 15 is 0 Å². The summed E-state index contributed by atoms with van der Waals surface area (Å²) >= 11 is 11.7. The maximum Gasteiger partial charge on any atom is 0.417 e. The Morgan fingerprint density at radius 1 is 1.14 bits per heavy atom. The Bertz CT molecular complexity index is 972. The highest BCUT2D eigenvalue weighted by Crippen LogP contribution is 2.36. The number of nitrogens with zero attached hydrogens (tertiary/aromatic N) is 1. The van der Waals surface area contributed by atoms with Gasteiger partial charge >= 0.3 is 6.18 Å². The Kier molecular flexibility index (Phi) is 6.60. The average Bonchev–Trinajstić information content (AvgIpc) is 2.57. The Hall–Kier alpha value is -2.69. The zero-order valence-electron chi connectivity index (χ0n) is 14.7. The lowest BCUT2D eigenvalue weighted by atomic mass is 10.1. The van der Waals surface area contributed by atoms with Gasteiger partial charge in [-0.3, -0.25) is 4.79 Å². The van der Waals surface area contributed by atoms with Gasteiger partial charge in [0.15, 0.2) is 0 Å². The Morgan fingerprint density at radius 3 is 2.39 bits per heavy atom. The van der Waals surface area contributed by atoms with Crippen molar-refractivity contribution in [1.82, 2.24) is 0 Å². The molecule has 2 aromatic carbocycles. The summed E-state index contributed by atoms with van der Waals surface area (Å²) in [5, 5.41) is 14.2. The summed E-state index contributed by atoms with van der Waals surface area (Å²) in [5.74, 6) is -0.883. The molecular weight excluding hydrogens is 414 g/mol. The third-order valence-corrected chi connectivity index (χ3v) is 4.31. The van der Waals surface area contributed by atoms with Crippen molar-refractivity contribution < 1.29 is 18.0 Å². The molecule has 0 spiro atoms. The molecule has 0 aromatic heterocycles. The van der Waals surface area contributed by atoms with Crippen LogP contribution in [0.3, 0.4) is 0 Å². The number of nitriles is 1.